The van der Waals surface area contributed by atoms with E-state index in [1.165, 1.54) is 0 Å². The first-order valence-electron chi connectivity index (χ1n) is 10.4. The smallest absolute Gasteiger partial charge is 0.272 e. The van der Waals surface area contributed by atoms with Gasteiger partial charge in [0.25, 0.3) is 5.92 Å². The molecule has 2 rings (SSSR count). The van der Waals surface area contributed by atoms with Gasteiger partial charge in [-0.3, -0.25) is 14.5 Å². The fourth-order valence-corrected chi connectivity index (χ4v) is 4.18. The molecule has 2 aliphatic rings. The van der Waals surface area contributed by atoms with Crippen LogP contribution in [0.2, 0.25) is 0 Å². The van der Waals surface area contributed by atoms with E-state index >= 15 is 0 Å². The number of Topliss-reactive ketones (excluding diaryl/α,β-unsaturated/α-hetero) is 1. The highest BCUT2D eigenvalue weighted by atomic mass is 19.3. The van der Waals surface area contributed by atoms with E-state index < -0.39 is 17.7 Å². The van der Waals surface area contributed by atoms with Crippen LogP contribution in [0, 0.1) is 11.8 Å². The first kappa shape index (κ1) is 23.2. The number of carbonyl (C=O) groups excluding carboxylic acids is 2. The van der Waals surface area contributed by atoms with Gasteiger partial charge in [0.2, 0.25) is 5.91 Å². The van der Waals surface area contributed by atoms with Crippen LogP contribution in [0.15, 0.2) is 0 Å². The molecular weight excluding hydrogens is 370 g/mol. The molecule has 0 aromatic heterocycles. The minimum Gasteiger partial charge on any atom is -0.379 e. The van der Waals surface area contributed by atoms with Crippen LogP contribution in [0.25, 0.3) is 0 Å². The number of halogens is 2. The molecule has 164 valence electrons. The molecule has 1 unspecified atom stereocenters. The number of hydrogen-bond acceptors (Lipinski definition) is 5. The van der Waals surface area contributed by atoms with Crippen molar-refractivity contribution < 1.29 is 29.3 Å². The van der Waals surface area contributed by atoms with E-state index in [1.807, 2.05) is 11.8 Å². The maximum atomic E-state index is 14.6. The molecule has 0 radical (unpaired) electrons. The molecule has 8 heteroatoms. The number of nitrogens with one attached hydrogen (secondary N) is 1. The summed E-state index contributed by atoms with van der Waals surface area (Å²) in [6, 6.07) is 0.0872. The van der Waals surface area contributed by atoms with Crippen LogP contribution in [-0.4, -0.2) is 74.6 Å². The van der Waals surface area contributed by atoms with Crippen molar-refractivity contribution in [3.8, 4) is 0 Å². The summed E-state index contributed by atoms with van der Waals surface area (Å²) in [4.78, 5) is 25.5. The summed E-state index contributed by atoms with van der Waals surface area (Å²) in [6.07, 6.45) is 3.24. The molecule has 1 saturated carbocycles. The van der Waals surface area contributed by atoms with Gasteiger partial charge in [0.1, 0.15) is 11.7 Å². The van der Waals surface area contributed by atoms with Crippen LogP contribution in [0.1, 0.15) is 47.4 Å². The Kier molecular flexibility index (Phi) is 9.24. The van der Waals surface area contributed by atoms with E-state index in [1.54, 1.807) is 6.92 Å². The number of amides is 1. The number of ketones is 1. The summed E-state index contributed by atoms with van der Waals surface area (Å²) in [7, 11) is 0. The maximum Gasteiger partial charge on any atom is 0.272 e. The highest BCUT2D eigenvalue weighted by molar-refractivity contribution is 5.80. The van der Waals surface area contributed by atoms with Crippen LogP contribution in [0.4, 0.5) is 8.78 Å². The Hall–Kier alpha value is -1.12. The molecule has 1 aliphatic heterocycles. The summed E-state index contributed by atoms with van der Waals surface area (Å²) in [5.41, 5.74) is 0. The van der Waals surface area contributed by atoms with Gasteiger partial charge >= 0.3 is 0 Å². The number of likely N-dealkylation sites (tertiary alicyclic amines) is 1. The van der Waals surface area contributed by atoms with Crippen molar-refractivity contribution in [2.45, 2.75) is 57.9 Å². The molecule has 0 aromatic rings. The molecule has 1 saturated heterocycles. The molecule has 1 aliphatic carbocycles. The van der Waals surface area contributed by atoms with Crippen LogP contribution in [0.3, 0.4) is 0 Å². The summed E-state index contributed by atoms with van der Waals surface area (Å²) < 4.78 is 39.7. The quantitative estimate of drug-likeness (QED) is 0.565. The molecule has 1 N–H and O–H groups in total. The Bertz CT molecular complexity index is 517. The highest BCUT2D eigenvalue weighted by Gasteiger charge is 2.49. The minimum absolute atomic E-state index is 0. The summed E-state index contributed by atoms with van der Waals surface area (Å²) >= 11 is 0. The number of hydrogen-bond donors (Lipinski definition) is 1. The maximum absolute atomic E-state index is 14.6. The summed E-state index contributed by atoms with van der Waals surface area (Å²) in [6.45, 7) is 5.62. The zero-order valence-electron chi connectivity index (χ0n) is 17.1. The molecule has 0 bridgehead atoms. The number of alkyl halides is 2. The zero-order valence-corrected chi connectivity index (χ0v) is 17.1. The normalized spacial score (nSPS) is 28.1. The lowest BCUT2D eigenvalue weighted by Gasteiger charge is -2.43. The highest BCUT2D eigenvalue weighted by Crippen LogP contribution is 2.37. The van der Waals surface area contributed by atoms with Gasteiger partial charge in [-0.1, -0.05) is 0 Å². The lowest BCUT2D eigenvalue weighted by atomic mass is 9.82. The van der Waals surface area contributed by atoms with Gasteiger partial charge in [0.05, 0.1) is 26.4 Å². The fraction of sp³-hybridized carbons (Fsp3) is 0.900. The topological polar surface area (TPSA) is 67.9 Å². The molecular formula is C20H36F2N2O4. The van der Waals surface area contributed by atoms with E-state index in [0.717, 1.165) is 25.7 Å². The third-order valence-electron chi connectivity index (χ3n) is 5.85. The Labute approximate surface area is 167 Å². The minimum atomic E-state index is -3.05. The van der Waals surface area contributed by atoms with Gasteiger partial charge in [-0.2, -0.15) is 0 Å². The fourth-order valence-electron chi connectivity index (χ4n) is 4.18. The third kappa shape index (κ3) is 6.74. The van der Waals surface area contributed by atoms with Gasteiger partial charge in [0.15, 0.2) is 0 Å². The zero-order chi connectivity index (χ0) is 20.6. The molecule has 0 aromatic carbocycles. The SMILES string of the molecule is CCOCCOCCNC(=O)C1CCN(C2CCC(C(C)=O)CC2)CC1(F)F.[HH]. The molecule has 28 heavy (non-hydrogen) atoms. The van der Waals surface area contributed by atoms with Crippen molar-refractivity contribution in [1.29, 1.82) is 0 Å². The van der Waals surface area contributed by atoms with Gasteiger partial charge in [-0.25, -0.2) is 8.78 Å². The van der Waals surface area contributed by atoms with E-state index in [9.17, 15) is 18.4 Å². The molecule has 6 nitrogen and oxygen atoms in total. The van der Waals surface area contributed by atoms with E-state index in [-0.39, 0.29) is 45.3 Å². The Balaban J connectivity index is 0.00000420. The predicted molar refractivity (Wildman–Crippen MR) is 103 cm³/mol. The predicted octanol–water partition coefficient (Wildman–Crippen LogP) is 2.51. The van der Waals surface area contributed by atoms with Gasteiger partial charge < -0.3 is 14.8 Å². The van der Waals surface area contributed by atoms with Crippen molar-refractivity contribution in [2.75, 3.05) is 46.1 Å². The number of piperidine rings is 1. The molecule has 1 heterocycles. The van der Waals surface area contributed by atoms with Crippen LogP contribution in [-0.2, 0) is 19.1 Å². The largest absolute Gasteiger partial charge is 0.379 e. The van der Waals surface area contributed by atoms with Crippen molar-refractivity contribution in [1.82, 2.24) is 10.2 Å². The Morgan fingerprint density at radius 2 is 1.79 bits per heavy atom. The van der Waals surface area contributed by atoms with Crippen molar-refractivity contribution in [3.05, 3.63) is 0 Å². The van der Waals surface area contributed by atoms with Crippen LogP contribution < -0.4 is 5.32 Å². The first-order chi connectivity index (χ1) is 13.3. The summed E-state index contributed by atoms with van der Waals surface area (Å²) in [5.74, 6) is -4.66. The monoisotopic (exact) mass is 406 g/mol. The molecule has 2 fully saturated rings. The second-order valence-electron chi connectivity index (χ2n) is 7.79. The summed E-state index contributed by atoms with van der Waals surface area (Å²) in [5, 5.41) is 2.57. The number of carbonyl (C=O) groups is 2. The first-order valence-corrected chi connectivity index (χ1v) is 10.4. The van der Waals surface area contributed by atoms with E-state index in [4.69, 9.17) is 9.47 Å². The van der Waals surface area contributed by atoms with Crippen LogP contribution >= 0.6 is 0 Å². The second kappa shape index (κ2) is 11.2. The lowest BCUT2D eigenvalue weighted by Crippen LogP contribution is -2.56. The molecule has 1 atom stereocenters. The van der Waals surface area contributed by atoms with E-state index in [2.05, 4.69) is 5.32 Å². The van der Waals surface area contributed by atoms with Crippen LogP contribution in [0.5, 0.6) is 0 Å². The number of nitrogens with zero attached hydrogens (tertiary/aromatic N) is 1. The van der Waals surface area contributed by atoms with Crippen molar-refractivity contribution in [3.63, 3.8) is 0 Å². The van der Waals surface area contributed by atoms with Gasteiger partial charge in [-0.05, 0) is 52.5 Å². The van der Waals surface area contributed by atoms with Gasteiger partial charge in [-0.15, -0.1) is 0 Å². The standard InChI is InChI=1S/C20H34F2N2O4.H2/c1-3-27-12-13-28-11-9-23-19(26)18-8-10-24(14-20(18,21)22)17-6-4-16(5-7-17)15(2)25;/h16-18H,3-14H2,1-2H3,(H,23,26);1H. The Morgan fingerprint density at radius 3 is 2.39 bits per heavy atom. The van der Waals surface area contributed by atoms with E-state index in [0.29, 0.717) is 26.4 Å². The lowest BCUT2D eigenvalue weighted by molar-refractivity contribution is -0.155. The number of ether oxygens (including phenoxy) is 2. The average Bonchev–Trinajstić information content (AvgIpc) is 2.66. The van der Waals surface area contributed by atoms with Crippen molar-refractivity contribution in [2.24, 2.45) is 11.8 Å². The average molecular weight is 407 g/mol. The van der Waals surface area contributed by atoms with Gasteiger partial charge in [0, 0.05) is 26.5 Å². The Morgan fingerprint density at radius 1 is 1.11 bits per heavy atom. The third-order valence-corrected chi connectivity index (χ3v) is 5.85. The van der Waals surface area contributed by atoms with Crippen molar-refractivity contribution >= 4 is 11.7 Å². The molecule has 1 amide bonds. The number of rotatable bonds is 10. The second-order valence-corrected chi connectivity index (χ2v) is 7.79. The molecule has 0 spiro atoms.